The molecule has 0 unspecified atom stereocenters. The Morgan fingerprint density at radius 1 is 1.21 bits per heavy atom. The Morgan fingerprint density at radius 3 is 2.36 bits per heavy atom. The van der Waals surface area contributed by atoms with Crippen LogP contribution in [0.15, 0.2) is 0 Å². The molecule has 0 spiro atoms. The molecule has 0 aromatic carbocycles. The van der Waals surface area contributed by atoms with Crippen LogP contribution in [0.5, 0.6) is 0 Å². The number of rotatable bonds is 5. The van der Waals surface area contributed by atoms with Crippen LogP contribution in [0.4, 0.5) is 0 Å². The second-order valence-corrected chi connectivity index (χ2v) is 5.67. The van der Waals surface area contributed by atoms with Gasteiger partial charge in [-0.25, -0.2) is 0 Å². The first-order valence-electron chi connectivity index (χ1n) is 5.88. The molecule has 1 nitrogen and oxygen atoms in total. The summed E-state index contributed by atoms with van der Waals surface area (Å²) in [6, 6.07) is 0. The number of hydrogen-bond donors (Lipinski definition) is 0. The van der Waals surface area contributed by atoms with Crippen molar-refractivity contribution in [2.45, 2.75) is 58.0 Å². The maximum atomic E-state index is 6.12. The zero-order chi connectivity index (χ0) is 10.4. The lowest BCUT2D eigenvalue weighted by molar-refractivity contribution is -0.0536. The van der Waals surface area contributed by atoms with Crippen LogP contribution in [0, 0.1) is 5.92 Å². The van der Waals surface area contributed by atoms with Crippen LogP contribution in [0.1, 0.15) is 52.4 Å². The molecule has 0 amide bonds. The summed E-state index contributed by atoms with van der Waals surface area (Å²) in [6.45, 7) is 5.49. The minimum absolute atomic E-state index is 0.244. The van der Waals surface area contributed by atoms with E-state index in [-0.39, 0.29) is 5.60 Å². The zero-order valence-corrected chi connectivity index (χ0v) is 11.7. The Labute approximate surface area is 102 Å². The quantitative estimate of drug-likeness (QED) is 0.546. The highest BCUT2D eigenvalue weighted by Crippen LogP contribution is 2.33. The first-order valence-corrected chi connectivity index (χ1v) is 7.41. The van der Waals surface area contributed by atoms with Gasteiger partial charge in [-0.1, -0.05) is 55.7 Å². The van der Waals surface area contributed by atoms with Gasteiger partial charge in [0.25, 0.3) is 0 Å². The largest absolute Gasteiger partial charge is 0.374 e. The van der Waals surface area contributed by atoms with Crippen LogP contribution in [-0.2, 0) is 4.74 Å². The van der Waals surface area contributed by atoms with Crippen LogP contribution in [0.25, 0.3) is 0 Å². The van der Waals surface area contributed by atoms with Crippen molar-refractivity contribution in [2.24, 2.45) is 5.92 Å². The molecule has 1 aliphatic rings. The number of hydrogen-bond acceptors (Lipinski definition) is 1. The zero-order valence-electron chi connectivity index (χ0n) is 9.52. The molecule has 84 valence electrons. The lowest BCUT2D eigenvalue weighted by Gasteiger charge is -2.36. The summed E-state index contributed by atoms with van der Waals surface area (Å²) in [5.41, 5.74) is 0.244. The van der Waals surface area contributed by atoms with E-state index in [1.54, 1.807) is 0 Å². The van der Waals surface area contributed by atoms with E-state index in [2.05, 4.69) is 36.4 Å². The van der Waals surface area contributed by atoms with E-state index in [1.165, 1.54) is 43.0 Å². The van der Waals surface area contributed by atoms with Crippen molar-refractivity contribution in [2.75, 3.05) is 11.0 Å². The van der Waals surface area contributed by atoms with Crippen molar-refractivity contribution >= 4 is 22.6 Å². The molecule has 0 N–H and O–H groups in total. The van der Waals surface area contributed by atoms with Gasteiger partial charge in [-0.15, -0.1) is 0 Å². The normalized spacial score (nSPS) is 21.4. The van der Waals surface area contributed by atoms with E-state index in [0.29, 0.717) is 0 Å². The predicted molar refractivity (Wildman–Crippen MR) is 70.1 cm³/mol. The maximum absolute atomic E-state index is 6.12. The number of alkyl halides is 1. The van der Waals surface area contributed by atoms with E-state index in [1.807, 2.05) is 0 Å². The van der Waals surface area contributed by atoms with Crippen molar-refractivity contribution in [1.29, 1.82) is 0 Å². The van der Waals surface area contributed by atoms with Gasteiger partial charge in [0.1, 0.15) is 0 Å². The first-order chi connectivity index (χ1) is 6.68. The van der Waals surface area contributed by atoms with Gasteiger partial charge >= 0.3 is 0 Å². The molecule has 0 atom stereocenters. The van der Waals surface area contributed by atoms with Crippen molar-refractivity contribution < 1.29 is 4.74 Å². The molecule has 0 aromatic rings. The van der Waals surface area contributed by atoms with E-state index >= 15 is 0 Å². The molecule has 1 aliphatic carbocycles. The Hall–Kier alpha value is 0.690. The second kappa shape index (κ2) is 6.31. The fourth-order valence-corrected chi connectivity index (χ4v) is 3.01. The highest BCUT2D eigenvalue weighted by molar-refractivity contribution is 14.1. The number of ether oxygens (including phenoxy) is 1. The predicted octanol–water partition coefficient (Wildman–Crippen LogP) is 4.19. The van der Waals surface area contributed by atoms with Crippen molar-refractivity contribution in [3.8, 4) is 0 Å². The van der Waals surface area contributed by atoms with Gasteiger partial charge in [0, 0.05) is 11.0 Å². The Bertz CT molecular complexity index is 150. The molecule has 1 saturated carbocycles. The molecular formula is C12H23IO. The van der Waals surface area contributed by atoms with Gasteiger partial charge in [-0.3, -0.25) is 0 Å². The van der Waals surface area contributed by atoms with Gasteiger partial charge in [-0.2, -0.15) is 0 Å². The van der Waals surface area contributed by atoms with Crippen LogP contribution in [-0.4, -0.2) is 16.6 Å². The summed E-state index contributed by atoms with van der Waals surface area (Å²) in [5, 5.41) is 0. The number of halogens is 1. The van der Waals surface area contributed by atoms with Crippen LogP contribution >= 0.6 is 22.6 Å². The van der Waals surface area contributed by atoms with Crippen molar-refractivity contribution in [3.05, 3.63) is 0 Å². The third kappa shape index (κ3) is 4.05. The van der Waals surface area contributed by atoms with Gasteiger partial charge in [-0.05, 0) is 25.2 Å². The molecule has 0 heterocycles. The Balaban J connectivity index is 2.29. The minimum Gasteiger partial charge on any atom is -0.374 e. The molecule has 0 radical (unpaired) electrons. The second-order valence-electron chi connectivity index (χ2n) is 4.91. The Morgan fingerprint density at radius 2 is 1.86 bits per heavy atom. The van der Waals surface area contributed by atoms with Gasteiger partial charge in [0.15, 0.2) is 0 Å². The topological polar surface area (TPSA) is 9.23 Å². The lowest BCUT2D eigenvalue weighted by Crippen LogP contribution is -2.37. The van der Waals surface area contributed by atoms with Gasteiger partial charge in [0.2, 0.25) is 0 Å². The van der Waals surface area contributed by atoms with Gasteiger partial charge in [0.05, 0.1) is 5.60 Å². The van der Waals surface area contributed by atoms with Crippen LogP contribution in [0.3, 0.4) is 0 Å². The smallest absolute Gasteiger partial charge is 0.0771 e. The molecule has 0 aromatic heterocycles. The highest BCUT2D eigenvalue weighted by Gasteiger charge is 2.31. The maximum Gasteiger partial charge on any atom is 0.0771 e. The summed E-state index contributed by atoms with van der Waals surface area (Å²) < 4.78 is 7.29. The third-order valence-electron chi connectivity index (χ3n) is 3.11. The fourth-order valence-electron chi connectivity index (χ4n) is 2.02. The molecule has 1 rings (SSSR count). The monoisotopic (exact) mass is 310 g/mol. The first kappa shape index (κ1) is 12.8. The van der Waals surface area contributed by atoms with Gasteiger partial charge < -0.3 is 4.74 Å². The van der Waals surface area contributed by atoms with E-state index in [0.717, 1.165) is 12.5 Å². The summed E-state index contributed by atoms with van der Waals surface area (Å²) in [6.07, 6.45) is 7.92. The highest BCUT2D eigenvalue weighted by atomic mass is 127. The SMILES string of the molecule is CC(C)CCOC1(CI)CCCCC1. The Kier molecular flexibility index (Phi) is 5.75. The molecule has 0 aliphatic heterocycles. The summed E-state index contributed by atoms with van der Waals surface area (Å²) in [5.74, 6) is 0.768. The molecular weight excluding hydrogens is 287 g/mol. The summed E-state index contributed by atoms with van der Waals surface area (Å²) in [4.78, 5) is 0. The molecule has 14 heavy (non-hydrogen) atoms. The molecule has 0 saturated heterocycles. The average Bonchev–Trinajstić information content (AvgIpc) is 2.19. The van der Waals surface area contributed by atoms with E-state index in [4.69, 9.17) is 4.74 Å². The fraction of sp³-hybridized carbons (Fsp3) is 1.00. The van der Waals surface area contributed by atoms with E-state index in [9.17, 15) is 0 Å². The summed E-state index contributed by atoms with van der Waals surface area (Å²) in [7, 11) is 0. The average molecular weight is 310 g/mol. The molecule has 2 heteroatoms. The van der Waals surface area contributed by atoms with Crippen LogP contribution in [0.2, 0.25) is 0 Å². The third-order valence-corrected chi connectivity index (χ3v) is 4.50. The minimum atomic E-state index is 0.244. The van der Waals surface area contributed by atoms with E-state index < -0.39 is 0 Å². The lowest BCUT2D eigenvalue weighted by atomic mass is 9.86. The van der Waals surface area contributed by atoms with Crippen LogP contribution < -0.4 is 0 Å². The molecule has 1 fully saturated rings. The van der Waals surface area contributed by atoms with Crippen molar-refractivity contribution in [1.82, 2.24) is 0 Å². The standard InChI is InChI=1S/C12H23IO/c1-11(2)6-9-14-12(10-13)7-4-3-5-8-12/h11H,3-10H2,1-2H3. The summed E-state index contributed by atoms with van der Waals surface area (Å²) >= 11 is 2.49. The van der Waals surface area contributed by atoms with Crippen molar-refractivity contribution in [3.63, 3.8) is 0 Å². The molecule has 0 bridgehead atoms.